The molecule has 1 atom stereocenters. The standard InChI is InChI=1S/C67H43BN2S2/c1-39(2)40-36-37-46-45-26-11-16-31-51(45)67(54(46)38-40)53-33-18-13-28-48(53)58-61-65(72-63(58)67)68-59-55(34-19-35-56(59)70(61)42-22-7-4-8-23-42)69(41-20-5-3-6-21-41)60-57-47-27-12-17-32-52(47)66(62(57)71-64(60)68)49-29-14-9-24-43(49)44-25-10-15-30-50(44)66/h3-39H,1-2H3. The number of hydrogen-bond donors (Lipinski definition) is 0. The molecule has 0 saturated carbocycles. The molecule has 9 aromatic carbocycles. The summed E-state index contributed by atoms with van der Waals surface area (Å²) in [6, 6.07) is 83.5. The van der Waals surface area contributed by atoms with Crippen LogP contribution in [0.15, 0.2) is 218 Å². The Bertz CT molecular complexity index is 4140. The summed E-state index contributed by atoms with van der Waals surface area (Å²) in [6.45, 7) is 4.65. The number of anilines is 6. The molecule has 0 fully saturated rings. The summed E-state index contributed by atoms with van der Waals surface area (Å²) < 4.78 is 2.84. The molecule has 0 amide bonds. The lowest BCUT2D eigenvalue weighted by Gasteiger charge is -2.42. The summed E-state index contributed by atoms with van der Waals surface area (Å²) in [5.41, 5.74) is 28.4. The molecule has 17 rings (SSSR count). The van der Waals surface area contributed by atoms with Crippen molar-refractivity contribution in [1.29, 1.82) is 0 Å². The zero-order valence-corrected chi connectivity index (χ0v) is 41.3. The Labute approximate surface area is 427 Å². The highest BCUT2D eigenvalue weighted by Gasteiger charge is 2.60. The van der Waals surface area contributed by atoms with Crippen molar-refractivity contribution in [1.82, 2.24) is 0 Å². The summed E-state index contributed by atoms with van der Waals surface area (Å²) in [6.07, 6.45) is 0. The average Bonchev–Trinajstić information content (AvgIpc) is 4.26. The van der Waals surface area contributed by atoms with Gasteiger partial charge in [-0.05, 0) is 120 Å². The first kappa shape index (κ1) is 39.7. The van der Waals surface area contributed by atoms with Gasteiger partial charge in [0.05, 0.1) is 22.2 Å². The topological polar surface area (TPSA) is 6.48 Å². The fraction of sp³-hybridized carbons (Fsp3) is 0.0746. The van der Waals surface area contributed by atoms with Gasteiger partial charge in [0.15, 0.2) is 0 Å². The Balaban J connectivity index is 1.04. The quantitative estimate of drug-likeness (QED) is 0.163. The Morgan fingerprint density at radius 3 is 1.19 bits per heavy atom. The van der Waals surface area contributed by atoms with Crippen molar-refractivity contribution in [3.8, 4) is 44.5 Å². The van der Waals surface area contributed by atoms with E-state index in [2.05, 4.69) is 265 Å². The fourth-order valence-corrected chi connectivity index (χ4v) is 17.9. The molecule has 72 heavy (non-hydrogen) atoms. The van der Waals surface area contributed by atoms with Crippen molar-refractivity contribution in [2.45, 2.75) is 30.6 Å². The minimum atomic E-state index is -0.479. The first-order valence-corrected chi connectivity index (χ1v) is 27.0. The lowest BCUT2D eigenvalue weighted by atomic mass is 9.39. The van der Waals surface area contributed by atoms with Gasteiger partial charge in [-0.15, -0.1) is 22.7 Å². The van der Waals surface area contributed by atoms with Gasteiger partial charge >= 0.3 is 0 Å². The molecule has 11 aromatic rings. The number of para-hydroxylation sites is 2. The highest BCUT2D eigenvalue weighted by molar-refractivity contribution is 7.37. The number of rotatable bonds is 3. The Morgan fingerprint density at radius 1 is 0.375 bits per heavy atom. The van der Waals surface area contributed by atoms with E-state index in [1.165, 1.54) is 142 Å². The molecule has 4 aliphatic carbocycles. The lowest BCUT2D eigenvalue weighted by molar-refractivity contribution is 0.799. The third kappa shape index (κ3) is 4.52. The van der Waals surface area contributed by atoms with Crippen LogP contribution in [0.3, 0.4) is 0 Å². The monoisotopic (exact) mass is 950 g/mol. The van der Waals surface area contributed by atoms with E-state index >= 15 is 0 Å². The molecule has 336 valence electrons. The lowest BCUT2D eigenvalue weighted by Crippen LogP contribution is -2.59. The largest absolute Gasteiger partial charge is 0.310 e. The van der Waals surface area contributed by atoms with Crippen LogP contribution in [0, 0.1) is 0 Å². The van der Waals surface area contributed by atoms with Gasteiger partial charge in [0.25, 0.3) is 6.71 Å². The predicted molar refractivity (Wildman–Crippen MR) is 303 cm³/mol. The van der Waals surface area contributed by atoms with Gasteiger partial charge in [-0.2, -0.15) is 0 Å². The summed E-state index contributed by atoms with van der Waals surface area (Å²) in [7, 11) is 0. The van der Waals surface area contributed by atoms with Gasteiger partial charge in [0.1, 0.15) is 0 Å². The summed E-state index contributed by atoms with van der Waals surface area (Å²) in [5.74, 6) is 0.395. The minimum Gasteiger partial charge on any atom is -0.310 e. The Morgan fingerprint density at radius 2 is 0.750 bits per heavy atom. The van der Waals surface area contributed by atoms with Crippen molar-refractivity contribution >= 4 is 78.5 Å². The first-order chi connectivity index (χ1) is 35.6. The predicted octanol–water partition coefficient (Wildman–Crippen LogP) is 15.7. The van der Waals surface area contributed by atoms with Crippen LogP contribution in [-0.2, 0) is 10.8 Å². The average molecular weight is 951 g/mol. The Kier molecular flexibility index (Phi) is 7.68. The van der Waals surface area contributed by atoms with Crippen LogP contribution in [-0.4, -0.2) is 6.71 Å². The second-order valence-corrected chi connectivity index (χ2v) is 22.8. The van der Waals surface area contributed by atoms with E-state index < -0.39 is 10.8 Å². The molecule has 0 saturated heterocycles. The second kappa shape index (κ2) is 13.9. The molecule has 0 N–H and O–H groups in total. The zero-order valence-electron chi connectivity index (χ0n) is 39.7. The number of thiophene rings is 2. The third-order valence-electron chi connectivity index (χ3n) is 17.2. The molecule has 2 aromatic heterocycles. The molecule has 2 nitrogen and oxygen atoms in total. The van der Waals surface area contributed by atoms with E-state index in [9.17, 15) is 0 Å². The van der Waals surface area contributed by atoms with Crippen LogP contribution >= 0.6 is 22.7 Å². The van der Waals surface area contributed by atoms with Crippen LogP contribution in [0.4, 0.5) is 34.1 Å². The summed E-state index contributed by atoms with van der Waals surface area (Å²) in [4.78, 5) is 8.16. The fourth-order valence-electron chi connectivity index (χ4n) is 14.5. The Hall–Kier alpha value is -7.96. The molecular formula is C67H43BN2S2. The van der Waals surface area contributed by atoms with Crippen LogP contribution in [0.5, 0.6) is 0 Å². The smallest absolute Gasteiger partial charge is 0.277 e. The molecule has 1 unspecified atom stereocenters. The van der Waals surface area contributed by atoms with Crippen LogP contribution in [0.25, 0.3) is 44.5 Å². The van der Waals surface area contributed by atoms with Crippen molar-refractivity contribution < 1.29 is 0 Å². The molecule has 0 bridgehead atoms. The molecule has 6 aliphatic rings. The van der Waals surface area contributed by atoms with Gasteiger partial charge in [-0.1, -0.05) is 196 Å². The molecule has 5 heteroatoms. The highest BCUT2D eigenvalue weighted by atomic mass is 32.1. The number of nitrogens with zero attached hydrogens (tertiary/aromatic N) is 2. The molecule has 0 radical (unpaired) electrons. The SMILES string of the molecule is CC(C)c1ccc2c(c1)C1(c3ccccc3-2)c2ccccc2-c2c1sc1c2N(c2ccccc2)c2cccc3c2B1c1sc2c(c1N3c1ccccc1)-c1ccccc1C21c2ccccc2-c2ccccc21. The number of hydrogen-bond acceptors (Lipinski definition) is 4. The van der Waals surface area contributed by atoms with E-state index in [0.29, 0.717) is 5.92 Å². The van der Waals surface area contributed by atoms with Crippen molar-refractivity contribution in [2.75, 3.05) is 9.80 Å². The number of benzene rings is 9. The number of fused-ring (bicyclic) bond motifs is 26. The van der Waals surface area contributed by atoms with Crippen molar-refractivity contribution in [3.05, 3.63) is 267 Å². The maximum atomic E-state index is 2.65. The highest BCUT2D eigenvalue weighted by Crippen LogP contribution is 2.69. The second-order valence-electron chi connectivity index (χ2n) is 20.7. The van der Waals surface area contributed by atoms with Gasteiger partial charge in [-0.25, -0.2) is 0 Å². The first-order valence-electron chi connectivity index (χ1n) is 25.4. The molecule has 2 spiro atoms. The van der Waals surface area contributed by atoms with Crippen LogP contribution in [0.1, 0.15) is 68.5 Å². The van der Waals surface area contributed by atoms with E-state index in [-0.39, 0.29) is 6.71 Å². The summed E-state index contributed by atoms with van der Waals surface area (Å²) in [5, 5.41) is 0. The maximum Gasteiger partial charge on any atom is 0.277 e. The van der Waals surface area contributed by atoms with Gasteiger partial charge in [-0.3, -0.25) is 0 Å². The van der Waals surface area contributed by atoms with E-state index in [4.69, 9.17) is 0 Å². The van der Waals surface area contributed by atoms with Crippen molar-refractivity contribution in [2.24, 2.45) is 0 Å². The zero-order chi connectivity index (χ0) is 47.2. The van der Waals surface area contributed by atoms with Crippen molar-refractivity contribution in [3.63, 3.8) is 0 Å². The van der Waals surface area contributed by atoms with E-state index in [1.807, 2.05) is 0 Å². The normalized spacial score (nSPS) is 16.7. The van der Waals surface area contributed by atoms with E-state index in [0.717, 1.165) is 0 Å². The van der Waals surface area contributed by atoms with Crippen LogP contribution in [0.2, 0.25) is 0 Å². The molecular weight excluding hydrogens is 908 g/mol. The van der Waals surface area contributed by atoms with Gasteiger partial charge in [0, 0.05) is 53.2 Å². The molecule has 4 heterocycles. The summed E-state index contributed by atoms with van der Waals surface area (Å²) >= 11 is 4.17. The molecule has 2 aliphatic heterocycles. The van der Waals surface area contributed by atoms with E-state index in [1.54, 1.807) is 0 Å². The van der Waals surface area contributed by atoms with Crippen LogP contribution < -0.4 is 24.8 Å². The van der Waals surface area contributed by atoms with Gasteiger partial charge < -0.3 is 9.80 Å². The van der Waals surface area contributed by atoms with Gasteiger partial charge in [0.2, 0.25) is 0 Å². The third-order valence-corrected chi connectivity index (χ3v) is 19.9. The maximum absolute atomic E-state index is 2.65. The minimum absolute atomic E-state index is 0.0224.